The molecule has 4 rings (SSSR count). The van der Waals surface area contributed by atoms with Crippen LogP contribution in [-0.4, -0.2) is 55.5 Å². The minimum atomic E-state index is 0.183. The lowest BCUT2D eigenvalue weighted by molar-refractivity contribution is -0.134. The molecule has 2 fully saturated rings. The van der Waals surface area contributed by atoms with Gasteiger partial charge < -0.3 is 9.47 Å². The summed E-state index contributed by atoms with van der Waals surface area (Å²) in [4.78, 5) is 19.9. The number of carbonyl (C=O) groups excluding carboxylic acids is 1. The highest BCUT2D eigenvalue weighted by atomic mass is 32.2. The summed E-state index contributed by atoms with van der Waals surface area (Å²) in [7, 11) is 2.09. The number of aromatic nitrogens is 2. The molecule has 3 atom stereocenters. The third kappa shape index (κ3) is 2.48. The summed E-state index contributed by atoms with van der Waals surface area (Å²) in [6, 6.07) is 0.385. The molecule has 0 bridgehead atoms. The zero-order valence-corrected chi connectivity index (χ0v) is 14.7. The van der Waals surface area contributed by atoms with Crippen LogP contribution < -0.4 is 0 Å². The van der Waals surface area contributed by atoms with Crippen molar-refractivity contribution in [3.63, 3.8) is 0 Å². The van der Waals surface area contributed by atoms with Crippen molar-refractivity contribution in [2.45, 2.75) is 42.9 Å². The lowest BCUT2D eigenvalue weighted by atomic mass is 9.78. The van der Waals surface area contributed by atoms with E-state index in [1.807, 2.05) is 29.9 Å². The van der Waals surface area contributed by atoms with Crippen LogP contribution in [0.4, 0.5) is 0 Å². The van der Waals surface area contributed by atoms with Gasteiger partial charge in [-0.25, -0.2) is 4.98 Å². The largest absolute Gasteiger partial charge is 0.338 e. The molecule has 2 saturated heterocycles. The van der Waals surface area contributed by atoms with E-state index in [0.29, 0.717) is 17.9 Å². The number of likely N-dealkylation sites (tertiary alicyclic amines) is 1. The first-order chi connectivity index (χ1) is 10.8. The monoisotopic (exact) mass is 337 g/mol. The predicted octanol–water partition coefficient (Wildman–Crippen LogP) is 2.29. The van der Waals surface area contributed by atoms with Gasteiger partial charge in [-0.15, -0.1) is 11.8 Å². The van der Waals surface area contributed by atoms with Gasteiger partial charge in [-0.1, -0.05) is 0 Å². The van der Waals surface area contributed by atoms with Crippen LogP contribution in [-0.2, 0) is 18.3 Å². The highest BCUT2D eigenvalue weighted by Gasteiger charge is 2.42. The average molecular weight is 338 g/mol. The Morgan fingerprint density at radius 3 is 3.09 bits per heavy atom. The first-order valence-electron chi connectivity index (χ1n) is 8.25. The van der Waals surface area contributed by atoms with E-state index in [2.05, 4.69) is 21.5 Å². The van der Waals surface area contributed by atoms with E-state index in [0.717, 1.165) is 37.3 Å². The van der Waals surface area contributed by atoms with Gasteiger partial charge in [-0.3, -0.25) is 4.79 Å². The summed E-state index contributed by atoms with van der Waals surface area (Å²) < 4.78 is 2.17. The number of piperidine rings is 1. The lowest BCUT2D eigenvalue weighted by Crippen LogP contribution is -2.52. The van der Waals surface area contributed by atoms with Crippen LogP contribution in [0, 0.1) is 0 Å². The van der Waals surface area contributed by atoms with Crippen molar-refractivity contribution in [3.05, 3.63) is 17.7 Å². The number of fused-ring (bicyclic) bond motifs is 3. The minimum Gasteiger partial charge on any atom is -0.338 e. The summed E-state index contributed by atoms with van der Waals surface area (Å²) in [6.07, 6.45) is 6.41. The number of nitrogens with zero attached hydrogens (tertiary/aromatic N) is 3. The Morgan fingerprint density at radius 2 is 2.27 bits per heavy atom. The van der Waals surface area contributed by atoms with Gasteiger partial charge in [0, 0.05) is 48.5 Å². The second-order valence-electron chi connectivity index (χ2n) is 6.51. The van der Waals surface area contributed by atoms with E-state index >= 15 is 0 Å². The molecule has 1 aromatic rings. The van der Waals surface area contributed by atoms with Gasteiger partial charge in [0.05, 0.1) is 17.3 Å². The first-order valence-corrected chi connectivity index (χ1v) is 10.5. The van der Waals surface area contributed by atoms with Gasteiger partial charge in [0.1, 0.15) is 0 Å². The van der Waals surface area contributed by atoms with Crippen LogP contribution in [0.1, 0.15) is 36.6 Å². The van der Waals surface area contributed by atoms with Crippen LogP contribution in [0.3, 0.4) is 0 Å². The molecule has 0 aromatic carbocycles. The number of imidazole rings is 1. The SMILES string of the molecule is Cn1cnc2c1CCC1C2CCCN1C(=O)C1CSCCS1. The first kappa shape index (κ1) is 14.9. The number of thioether (sulfide) groups is 2. The normalized spacial score (nSPS) is 31.5. The van der Waals surface area contributed by atoms with Gasteiger partial charge >= 0.3 is 0 Å². The lowest BCUT2D eigenvalue weighted by Gasteiger charge is -2.45. The molecular formula is C16H23N3OS2. The molecule has 3 aliphatic rings. The summed E-state index contributed by atoms with van der Waals surface area (Å²) in [6.45, 7) is 0.948. The molecule has 2 aliphatic heterocycles. The molecule has 0 spiro atoms. The summed E-state index contributed by atoms with van der Waals surface area (Å²) in [5.41, 5.74) is 2.65. The van der Waals surface area contributed by atoms with Crippen molar-refractivity contribution in [1.29, 1.82) is 0 Å². The number of hydrogen-bond donors (Lipinski definition) is 0. The smallest absolute Gasteiger partial charge is 0.236 e. The molecular weight excluding hydrogens is 314 g/mol. The Hall–Kier alpha value is -0.620. The third-order valence-corrected chi connectivity index (χ3v) is 8.01. The van der Waals surface area contributed by atoms with E-state index in [1.165, 1.54) is 23.6 Å². The Bertz CT molecular complexity index is 568. The molecule has 1 amide bonds. The van der Waals surface area contributed by atoms with Gasteiger partial charge in [0.25, 0.3) is 0 Å². The van der Waals surface area contributed by atoms with Crippen molar-refractivity contribution < 1.29 is 4.79 Å². The fourth-order valence-electron chi connectivity index (χ4n) is 4.19. The summed E-state index contributed by atoms with van der Waals surface area (Å²) in [5, 5.41) is 0.183. The van der Waals surface area contributed by atoms with E-state index in [9.17, 15) is 4.79 Å². The summed E-state index contributed by atoms with van der Waals surface area (Å²) in [5.74, 6) is 4.16. The van der Waals surface area contributed by atoms with Crippen LogP contribution >= 0.6 is 23.5 Å². The van der Waals surface area contributed by atoms with Gasteiger partial charge in [-0.2, -0.15) is 11.8 Å². The topological polar surface area (TPSA) is 38.1 Å². The number of aryl methyl sites for hydroxylation is 1. The molecule has 22 heavy (non-hydrogen) atoms. The average Bonchev–Trinajstić information content (AvgIpc) is 2.96. The fourth-order valence-corrected chi connectivity index (χ4v) is 6.81. The quantitative estimate of drug-likeness (QED) is 0.788. The zero-order chi connectivity index (χ0) is 15.1. The van der Waals surface area contributed by atoms with Crippen molar-refractivity contribution in [1.82, 2.24) is 14.5 Å². The number of hydrogen-bond acceptors (Lipinski definition) is 4. The molecule has 0 radical (unpaired) electrons. The standard InChI is InChI=1S/C16H23N3OS2/c1-18-10-17-15-11-3-2-6-19(12(11)4-5-13(15)18)16(20)14-9-21-7-8-22-14/h10-12,14H,2-9H2,1H3. The molecule has 3 unspecified atom stereocenters. The highest BCUT2D eigenvalue weighted by molar-refractivity contribution is 8.07. The van der Waals surface area contributed by atoms with Crippen LogP contribution in [0.5, 0.6) is 0 Å². The van der Waals surface area contributed by atoms with Crippen molar-refractivity contribution in [2.75, 3.05) is 23.8 Å². The molecule has 3 heterocycles. The number of amides is 1. The van der Waals surface area contributed by atoms with Gasteiger partial charge in [-0.05, 0) is 25.7 Å². The Labute approximate surface area is 140 Å². The van der Waals surface area contributed by atoms with E-state index in [4.69, 9.17) is 0 Å². The second kappa shape index (κ2) is 6.11. The van der Waals surface area contributed by atoms with E-state index in [-0.39, 0.29) is 5.25 Å². The number of carbonyl (C=O) groups is 1. The van der Waals surface area contributed by atoms with E-state index < -0.39 is 0 Å². The maximum absolute atomic E-state index is 13.0. The Morgan fingerprint density at radius 1 is 1.36 bits per heavy atom. The van der Waals surface area contributed by atoms with Crippen LogP contribution in [0.2, 0.25) is 0 Å². The zero-order valence-electron chi connectivity index (χ0n) is 13.0. The Kier molecular flexibility index (Phi) is 4.15. The number of rotatable bonds is 1. The Balaban J connectivity index is 1.56. The predicted molar refractivity (Wildman–Crippen MR) is 92.6 cm³/mol. The second-order valence-corrected chi connectivity index (χ2v) is 8.97. The van der Waals surface area contributed by atoms with Gasteiger partial charge in [0.15, 0.2) is 0 Å². The third-order valence-electron chi connectivity index (χ3n) is 5.27. The van der Waals surface area contributed by atoms with Crippen LogP contribution in [0.15, 0.2) is 6.33 Å². The molecule has 6 heteroatoms. The molecule has 4 nitrogen and oxygen atoms in total. The highest BCUT2D eigenvalue weighted by Crippen LogP contribution is 2.40. The summed E-state index contributed by atoms with van der Waals surface area (Å²) >= 11 is 3.79. The van der Waals surface area contributed by atoms with Crippen molar-refractivity contribution in [3.8, 4) is 0 Å². The van der Waals surface area contributed by atoms with Gasteiger partial charge in [0.2, 0.25) is 5.91 Å². The molecule has 0 saturated carbocycles. The van der Waals surface area contributed by atoms with Crippen molar-refractivity contribution in [2.24, 2.45) is 7.05 Å². The maximum atomic E-state index is 13.0. The maximum Gasteiger partial charge on any atom is 0.236 e. The molecule has 1 aromatic heterocycles. The van der Waals surface area contributed by atoms with Crippen LogP contribution in [0.25, 0.3) is 0 Å². The molecule has 0 N–H and O–H groups in total. The molecule has 1 aliphatic carbocycles. The van der Waals surface area contributed by atoms with Crippen molar-refractivity contribution >= 4 is 29.4 Å². The molecule has 120 valence electrons. The van der Waals surface area contributed by atoms with E-state index in [1.54, 1.807) is 0 Å². The fraction of sp³-hybridized carbons (Fsp3) is 0.750. The minimum absolute atomic E-state index is 0.183.